The molecule has 0 saturated carbocycles. The van der Waals surface area contributed by atoms with Crippen LogP contribution in [-0.2, 0) is 6.42 Å². The number of nitrogens with one attached hydrogen (secondary N) is 1. The van der Waals surface area contributed by atoms with Crippen LogP contribution in [0.15, 0.2) is 24.3 Å². The predicted molar refractivity (Wildman–Crippen MR) is 101 cm³/mol. The third kappa shape index (κ3) is 5.34. The molecule has 0 radical (unpaired) electrons. The molecule has 1 fully saturated rings. The van der Waals surface area contributed by atoms with E-state index in [1.165, 1.54) is 0 Å². The first-order chi connectivity index (χ1) is 11.9. The highest BCUT2D eigenvalue weighted by Gasteiger charge is 2.24. The Hall–Kier alpha value is -1.79. The Morgan fingerprint density at radius 2 is 2.08 bits per heavy atom. The molecule has 1 aliphatic heterocycles. The van der Waals surface area contributed by atoms with Crippen molar-refractivity contribution in [3.8, 4) is 5.75 Å². The highest BCUT2D eigenvalue weighted by atomic mass is 16.5. The summed E-state index contributed by atoms with van der Waals surface area (Å²) in [4.78, 5) is 18.9. The van der Waals surface area contributed by atoms with Crippen molar-refractivity contribution in [3.05, 3.63) is 29.8 Å². The van der Waals surface area contributed by atoms with Gasteiger partial charge in [-0.15, -0.1) is 0 Å². The molecule has 2 atom stereocenters. The topological polar surface area (TPSA) is 48.1 Å². The average molecular weight is 348 g/mol. The molecule has 0 aromatic heterocycles. The lowest BCUT2D eigenvalue weighted by Gasteiger charge is -2.38. The molecule has 1 aromatic rings. The van der Waals surface area contributed by atoms with Gasteiger partial charge >= 0.3 is 6.03 Å². The van der Waals surface area contributed by atoms with Gasteiger partial charge in [-0.25, -0.2) is 4.79 Å². The highest BCUT2D eigenvalue weighted by Crippen LogP contribution is 2.20. The number of methoxy groups -OCH3 is 1. The van der Waals surface area contributed by atoms with Crippen LogP contribution in [0.5, 0.6) is 5.75 Å². The number of para-hydroxylation sites is 1. The zero-order valence-electron chi connectivity index (χ0n) is 16.2. The fraction of sp³-hybridized carbons (Fsp3) is 0.632. The zero-order chi connectivity index (χ0) is 18.4. The molecule has 1 heterocycles. The number of hydrogen-bond acceptors (Lipinski definition) is 4. The van der Waals surface area contributed by atoms with Gasteiger partial charge in [0.1, 0.15) is 5.75 Å². The fourth-order valence-electron chi connectivity index (χ4n) is 3.18. The second-order valence-electron chi connectivity index (χ2n) is 7.06. The maximum Gasteiger partial charge on any atom is 0.317 e. The number of rotatable bonds is 6. The number of hydrogen-bond donors (Lipinski definition) is 1. The first-order valence-electron chi connectivity index (χ1n) is 8.93. The monoisotopic (exact) mass is 348 g/mol. The normalized spacial score (nSPS) is 20.1. The third-order valence-electron chi connectivity index (χ3n) is 5.16. The molecule has 0 unspecified atom stereocenters. The summed E-state index contributed by atoms with van der Waals surface area (Å²) in [5.41, 5.74) is 1.12. The molecule has 2 rings (SSSR count). The molecule has 1 aliphatic rings. The molecular formula is C19H32N4O2. The van der Waals surface area contributed by atoms with Gasteiger partial charge in [0.2, 0.25) is 0 Å². The number of benzene rings is 1. The lowest BCUT2D eigenvalue weighted by molar-refractivity contribution is 0.112. The highest BCUT2D eigenvalue weighted by molar-refractivity contribution is 5.74. The number of likely N-dealkylation sites (N-methyl/N-ethyl adjacent to an activating group) is 3. The lowest BCUT2D eigenvalue weighted by Crippen LogP contribution is -2.55. The summed E-state index contributed by atoms with van der Waals surface area (Å²) in [6.45, 7) is 5.84. The van der Waals surface area contributed by atoms with Gasteiger partial charge < -0.3 is 19.9 Å². The smallest absolute Gasteiger partial charge is 0.317 e. The molecule has 0 aliphatic carbocycles. The minimum absolute atomic E-state index is 0.0241. The van der Waals surface area contributed by atoms with E-state index in [-0.39, 0.29) is 12.1 Å². The van der Waals surface area contributed by atoms with Crippen LogP contribution in [0.3, 0.4) is 0 Å². The van der Waals surface area contributed by atoms with Crippen molar-refractivity contribution in [2.24, 2.45) is 0 Å². The number of amides is 2. The zero-order valence-corrected chi connectivity index (χ0v) is 16.2. The number of ether oxygens (including phenoxy) is 1. The number of carbonyl (C=O) groups excluding carboxylic acids is 1. The molecule has 1 N–H and O–H groups in total. The van der Waals surface area contributed by atoms with Gasteiger partial charge in [0.25, 0.3) is 0 Å². The van der Waals surface area contributed by atoms with Gasteiger partial charge in [-0.2, -0.15) is 0 Å². The van der Waals surface area contributed by atoms with E-state index in [0.717, 1.165) is 37.4 Å². The van der Waals surface area contributed by atoms with Crippen molar-refractivity contribution in [2.75, 3.05) is 54.4 Å². The molecular weight excluding hydrogens is 316 g/mol. The summed E-state index contributed by atoms with van der Waals surface area (Å²) in [5.74, 6) is 0.870. The summed E-state index contributed by atoms with van der Waals surface area (Å²) in [6.07, 6.45) is 0.764. The molecule has 25 heavy (non-hydrogen) atoms. The maximum atomic E-state index is 12.5. The van der Waals surface area contributed by atoms with Crippen molar-refractivity contribution in [2.45, 2.75) is 25.4 Å². The standard InChI is InChI=1S/C19H32N4O2/c1-15(12-16-8-6-7-9-18(16)25-5)23(4)19(24)20-13-17-14-21(2)10-11-22(17)3/h6-9,15,17H,10-14H2,1-5H3,(H,20,24)/t15-,17-/m0/s1. The summed E-state index contributed by atoms with van der Waals surface area (Å²) in [5, 5.41) is 3.09. The van der Waals surface area contributed by atoms with Crippen molar-refractivity contribution in [1.82, 2.24) is 20.0 Å². The average Bonchev–Trinajstić information content (AvgIpc) is 2.61. The van der Waals surface area contributed by atoms with Crippen molar-refractivity contribution in [3.63, 3.8) is 0 Å². The molecule has 2 amide bonds. The van der Waals surface area contributed by atoms with E-state index in [1.807, 2.05) is 31.3 Å². The van der Waals surface area contributed by atoms with Crippen molar-refractivity contribution in [1.29, 1.82) is 0 Å². The lowest BCUT2D eigenvalue weighted by atomic mass is 10.1. The molecule has 1 saturated heterocycles. The SMILES string of the molecule is COc1ccccc1C[C@H](C)N(C)C(=O)NC[C@H]1CN(C)CCN1C. The Morgan fingerprint density at radius 1 is 1.36 bits per heavy atom. The van der Waals surface area contributed by atoms with Crippen LogP contribution in [0.2, 0.25) is 0 Å². The second kappa shape index (κ2) is 9.06. The summed E-state index contributed by atoms with van der Waals surface area (Å²) in [6, 6.07) is 8.39. The largest absolute Gasteiger partial charge is 0.496 e. The van der Waals surface area contributed by atoms with E-state index < -0.39 is 0 Å². The van der Waals surface area contributed by atoms with Gasteiger partial charge in [-0.3, -0.25) is 4.90 Å². The van der Waals surface area contributed by atoms with Crippen LogP contribution < -0.4 is 10.1 Å². The van der Waals surface area contributed by atoms with E-state index in [0.29, 0.717) is 12.6 Å². The van der Waals surface area contributed by atoms with Crippen LogP contribution >= 0.6 is 0 Å². The summed E-state index contributed by atoms with van der Waals surface area (Å²) in [7, 11) is 7.78. The molecule has 6 heteroatoms. The Morgan fingerprint density at radius 3 is 2.80 bits per heavy atom. The number of urea groups is 1. The van der Waals surface area contributed by atoms with Gasteiger partial charge in [-0.05, 0) is 39.1 Å². The van der Waals surface area contributed by atoms with E-state index >= 15 is 0 Å². The Bertz CT molecular complexity index is 566. The minimum Gasteiger partial charge on any atom is -0.496 e. The number of nitrogens with zero attached hydrogens (tertiary/aromatic N) is 3. The van der Waals surface area contributed by atoms with E-state index in [1.54, 1.807) is 12.0 Å². The van der Waals surface area contributed by atoms with Crippen LogP contribution in [0.1, 0.15) is 12.5 Å². The van der Waals surface area contributed by atoms with Gasteiger partial charge in [0.05, 0.1) is 7.11 Å². The minimum atomic E-state index is -0.0241. The van der Waals surface area contributed by atoms with Crippen LogP contribution in [0.4, 0.5) is 4.79 Å². The van der Waals surface area contributed by atoms with E-state index in [9.17, 15) is 4.79 Å². The Kier molecular flexibility index (Phi) is 7.08. The first-order valence-corrected chi connectivity index (χ1v) is 8.93. The Labute approximate surface area is 151 Å². The molecule has 1 aromatic carbocycles. The van der Waals surface area contributed by atoms with Crippen LogP contribution in [0, 0.1) is 0 Å². The fourth-order valence-corrected chi connectivity index (χ4v) is 3.18. The van der Waals surface area contributed by atoms with Crippen LogP contribution in [-0.4, -0.2) is 87.2 Å². The molecule has 140 valence electrons. The van der Waals surface area contributed by atoms with Crippen LogP contribution in [0.25, 0.3) is 0 Å². The van der Waals surface area contributed by atoms with Crippen molar-refractivity contribution < 1.29 is 9.53 Å². The first kappa shape index (κ1) is 19.5. The number of piperazine rings is 1. The second-order valence-corrected chi connectivity index (χ2v) is 7.06. The molecule has 6 nitrogen and oxygen atoms in total. The van der Waals surface area contributed by atoms with Gasteiger partial charge in [-0.1, -0.05) is 18.2 Å². The quantitative estimate of drug-likeness (QED) is 0.847. The van der Waals surface area contributed by atoms with Crippen molar-refractivity contribution >= 4 is 6.03 Å². The molecule has 0 bridgehead atoms. The predicted octanol–water partition coefficient (Wildman–Crippen LogP) is 1.51. The van der Waals surface area contributed by atoms with E-state index in [2.05, 4.69) is 36.1 Å². The summed E-state index contributed by atoms with van der Waals surface area (Å²) >= 11 is 0. The van der Waals surface area contributed by atoms with Gasteiger partial charge in [0.15, 0.2) is 0 Å². The maximum absolute atomic E-state index is 12.5. The number of carbonyl (C=O) groups is 1. The van der Waals surface area contributed by atoms with E-state index in [4.69, 9.17) is 4.74 Å². The van der Waals surface area contributed by atoms with Gasteiger partial charge in [0, 0.05) is 45.3 Å². The molecule has 0 spiro atoms. The Balaban J connectivity index is 1.86. The third-order valence-corrected chi connectivity index (χ3v) is 5.16. The summed E-state index contributed by atoms with van der Waals surface area (Å²) < 4.78 is 5.41.